The Hall–Kier alpha value is -3.15. The Balaban J connectivity index is 1.85. The fraction of sp³-hybridized carbons (Fsp3) is 0.211. The number of para-hydroxylation sites is 1. The maximum absolute atomic E-state index is 12.0. The second-order valence-electron chi connectivity index (χ2n) is 5.31. The lowest BCUT2D eigenvalue weighted by molar-refractivity contribution is -0.126. The molecule has 6 heteroatoms. The summed E-state index contributed by atoms with van der Waals surface area (Å²) in [7, 11) is 1.58. The fourth-order valence-corrected chi connectivity index (χ4v) is 2.23. The van der Waals surface area contributed by atoms with Gasteiger partial charge in [-0.2, -0.15) is 5.10 Å². The predicted octanol–water partition coefficient (Wildman–Crippen LogP) is 2.74. The Morgan fingerprint density at radius 3 is 2.68 bits per heavy atom. The standard InChI is InChI=1S/C19H21N3O3/c1-3-15-8-4-5-10-17(15)21-18(23)12-19(24)22-20-13-14-7-6-9-16(11-14)25-2/h4-11,13H,3,12H2,1-2H3,(H,21,23)(H,22,24). The van der Waals surface area contributed by atoms with Crippen LogP contribution in [0, 0.1) is 0 Å². The van der Waals surface area contributed by atoms with Gasteiger partial charge >= 0.3 is 0 Å². The molecule has 0 aliphatic carbocycles. The number of hydrogen-bond acceptors (Lipinski definition) is 4. The maximum Gasteiger partial charge on any atom is 0.249 e. The number of ether oxygens (including phenoxy) is 1. The molecule has 2 N–H and O–H groups in total. The summed E-state index contributed by atoms with van der Waals surface area (Å²) in [6.07, 6.45) is 1.99. The first kappa shape index (κ1) is 18.2. The van der Waals surface area contributed by atoms with E-state index >= 15 is 0 Å². The van der Waals surface area contributed by atoms with Crippen molar-refractivity contribution in [3.05, 3.63) is 59.7 Å². The normalized spacial score (nSPS) is 10.5. The van der Waals surface area contributed by atoms with Gasteiger partial charge in [-0.25, -0.2) is 5.43 Å². The third-order valence-corrected chi connectivity index (χ3v) is 3.49. The monoisotopic (exact) mass is 339 g/mol. The lowest BCUT2D eigenvalue weighted by Crippen LogP contribution is -2.25. The number of nitrogens with zero attached hydrogens (tertiary/aromatic N) is 1. The minimum absolute atomic E-state index is 0.298. The van der Waals surface area contributed by atoms with Crippen LogP contribution < -0.4 is 15.5 Å². The number of hydrazone groups is 1. The highest BCUT2D eigenvalue weighted by Gasteiger charge is 2.10. The predicted molar refractivity (Wildman–Crippen MR) is 97.8 cm³/mol. The Morgan fingerprint density at radius 1 is 1.12 bits per heavy atom. The van der Waals surface area contributed by atoms with Crippen LogP contribution in [0.15, 0.2) is 53.6 Å². The van der Waals surface area contributed by atoms with Crippen molar-refractivity contribution in [2.75, 3.05) is 12.4 Å². The van der Waals surface area contributed by atoms with E-state index in [1.54, 1.807) is 13.2 Å². The summed E-state index contributed by atoms with van der Waals surface area (Å²) in [6.45, 7) is 2.00. The molecule has 0 saturated carbocycles. The molecule has 0 radical (unpaired) electrons. The van der Waals surface area contributed by atoms with Crippen LogP contribution in [-0.4, -0.2) is 25.1 Å². The average Bonchev–Trinajstić information content (AvgIpc) is 2.62. The van der Waals surface area contributed by atoms with E-state index in [1.165, 1.54) is 6.21 Å². The van der Waals surface area contributed by atoms with Gasteiger partial charge in [0.05, 0.1) is 13.3 Å². The van der Waals surface area contributed by atoms with Gasteiger partial charge in [0, 0.05) is 5.69 Å². The van der Waals surface area contributed by atoms with E-state index in [0.717, 1.165) is 23.2 Å². The summed E-state index contributed by atoms with van der Waals surface area (Å²) in [5, 5.41) is 6.60. The van der Waals surface area contributed by atoms with Crippen molar-refractivity contribution in [1.29, 1.82) is 0 Å². The van der Waals surface area contributed by atoms with E-state index in [0.29, 0.717) is 5.75 Å². The highest BCUT2D eigenvalue weighted by atomic mass is 16.5. The number of carbonyl (C=O) groups excluding carboxylic acids is 2. The number of nitrogens with one attached hydrogen (secondary N) is 2. The van der Waals surface area contributed by atoms with E-state index in [-0.39, 0.29) is 12.3 Å². The Labute approximate surface area is 146 Å². The molecule has 2 rings (SSSR count). The third kappa shape index (κ3) is 5.76. The molecule has 0 fully saturated rings. The van der Waals surface area contributed by atoms with Crippen molar-refractivity contribution in [1.82, 2.24) is 5.43 Å². The number of methoxy groups -OCH3 is 1. The third-order valence-electron chi connectivity index (χ3n) is 3.49. The van der Waals surface area contributed by atoms with Crippen LogP contribution in [0.25, 0.3) is 0 Å². The van der Waals surface area contributed by atoms with Gasteiger partial charge in [-0.05, 0) is 35.7 Å². The van der Waals surface area contributed by atoms with Crippen molar-refractivity contribution < 1.29 is 14.3 Å². The molecule has 0 bridgehead atoms. The Bertz CT molecular complexity index is 772. The van der Waals surface area contributed by atoms with Crippen LogP contribution in [0.3, 0.4) is 0 Å². The minimum atomic E-state index is -0.481. The van der Waals surface area contributed by atoms with Crippen molar-refractivity contribution in [2.24, 2.45) is 5.10 Å². The van der Waals surface area contributed by atoms with Crippen LogP contribution in [0.5, 0.6) is 5.75 Å². The number of anilines is 1. The van der Waals surface area contributed by atoms with Gasteiger partial charge in [-0.1, -0.05) is 37.3 Å². The molecule has 25 heavy (non-hydrogen) atoms. The lowest BCUT2D eigenvalue weighted by Gasteiger charge is -2.09. The molecule has 0 atom stereocenters. The molecule has 2 aromatic carbocycles. The molecule has 0 unspecified atom stereocenters. The summed E-state index contributed by atoms with van der Waals surface area (Å²) < 4.78 is 5.11. The van der Waals surface area contributed by atoms with E-state index in [2.05, 4.69) is 15.8 Å². The zero-order valence-electron chi connectivity index (χ0n) is 14.3. The second kappa shape index (κ2) is 9.22. The van der Waals surface area contributed by atoms with Gasteiger partial charge in [0.2, 0.25) is 11.8 Å². The van der Waals surface area contributed by atoms with E-state index in [4.69, 9.17) is 4.74 Å². The molecular formula is C19H21N3O3. The quantitative estimate of drug-likeness (QED) is 0.462. The average molecular weight is 339 g/mol. The molecule has 6 nitrogen and oxygen atoms in total. The van der Waals surface area contributed by atoms with Gasteiger partial charge in [0.15, 0.2) is 0 Å². The molecule has 130 valence electrons. The van der Waals surface area contributed by atoms with Crippen LogP contribution in [0.2, 0.25) is 0 Å². The zero-order valence-corrected chi connectivity index (χ0v) is 14.3. The van der Waals surface area contributed by atoms with Crippen molar-refractivity contribution in [3.63, 3.8) is 0 Å². The van der Waals surface area contributed by atoms with Crippen molar-refractivity contribution in [3.8, 4) is 5.75 Å². The van der Waals surface area contributed by atoms with E-state index in [9.17, 15) is 9.59 Å². The van der Waals surface area contributed by atoms with Gasteiger partial charge < -0.3 is 10.1 Å². The summed E-state index contributed by atoms with van der Waals surface area (Å²) >= 11 is 0. The molecule has 0 spiro atoms. The Morgan fingerprint density at radius 2 is 1.92 bits per heavy atom. The van der Waals surface area contributed by atoms with Crippen LogP contribution in [0.4, 0.5) is 5.69 Å². The second-order valence-corrected chi connectivity index (χ2v) is 5.31. The Kier molecular flexibility index (Phi) is 6.71. The highest BCUT2D eigenvalue weighted by Crippen LogP contribution is 2.15. The number of rotatable bonds is 7. The molecule has 0 saturated heterocycles. The fourth-order valence-electron chi connectivity index (χ4n) is 2.23. The SMILES string of the molecule is CCc1ccccc1NC(=O)CC(=O)NN=Cc1cccc(OC)c1. The molecule has 0 aliphatic rings. The molecule has 2 amide bonds. The number of amides is 2. The maximum atomic E-state index is 12.0. The topological polar surface area (TPSA) is 79.8 Å². The van der Waals surface area contributed by atoms with Gasteiger partial charge in [-0.3, -0.25) is 9.59 Å². The largest absolute Gasteiger partial charge is 0.497 e. The molecule has 0 aliphatic heterocycles. The van der Waals surface area contributed by atoms with Crippen LogP contribution in [0.1, 0.15) is 24.5 Å². The van der Waals surface area contributed by atoms with Crippen molar-refractivity contribution >= 4 is 23.7 Å². The minimum Gasteiger partial charge on any atom is -0.497 e. The molecule has 0 aromatic heterocycles. The van der Waals surface area contributed by atoms with Gasteiger partial charge in [0.25, 0.3) is 0 Å². The summed E-state index contributed by atoms with van der Waals surface area (Å²) in [5.41, 5.74) is 4.87. The molecule has 2 aromatic rings. The van der Waals surface area contributed by atoms with E-state index in [1.807, 2.05) is 49.4 Å². The molecule has 0 heterocycles. The highest BCUT2D eigenvalue weighted by molar-refractivity contribution is 6.04. The zero-order chi connectivity index (χ0) is 18.1. The number of aryl methyl sites for hydroxylation is 1. The van der Waals surface area contributed by atoms with E-state index < -0.39 is 5.91 Å². The first-order valence-electron chi connectivity index (χ1n) is 7.96. The van der Waals surface area contributed by atoms with Gasteiger partial charge in [0.1, 0.15) is 12.2 Å². The first-order chi connectivity index (χ1) is 12.1. The molecular weight excluding hydrogens is 318 g/mol. The van der Waals surface area contributed by atoms with Crippen molar-refractivity contribution in [2.45, 2.75) is 19.8 Å². The number of carbonyl (C=O) groups is 2. The smallest absolute Gasteiger partial charge is 0.249 e. The van der Waals surface area contributed by atoms with Gasteiger partial charge in [-0.15, -0.1) is 0 Å². The first-order valence-corrected chi connectivity index (χ1v) is 7.96. The van der Waals surface area contributed by atoms with Crippen LogP contribution in [-0.2, 0) is 16.0 Å². The lowest BCUT2D eigenvalue weighted by atomic mass is 10.1. The van der Waals surface area contributed by atoms with Crippen LogP contribution >= 0.6 is 0 Å². The number of hydrogen-bond donors (Lipinski definition) is 2. The summed E-state index contributed by atoms with van der Waals surface area (Å²) in [4.78, 5) is 23.8. The summed E-state index contributed by atoms with van der Waals surface area (Å²) in [6, 6.07) is 14.7. The number of benzene rings is 2. The summed E-state index contributed by atoms with van der Waals surface area (Å²) in [5.74, 6) is -0.162.